The van der Waals surface area contributed by atoms with Gasteiger partial charge in [-0.05, 0) is 37.0 Å². The van der Waals surface area contributed by atoms with Gasteiger partial charge in [0, 0.05) is 25.6 Å². The van der Waals surface area contributed by atoms with Crippen LogP contribution in [0, 0.1) is 0 Å². The van der Waals surface area contributed by atoms with Crippen LogP contribution in [0.3, 0.4) is 0 Å². The van der Waals surface area contributed by atoms with Gasteiger partial charge >= 0.3 is 0 Å². The molecule has 2 heterocycles. The fourth-order valence-corrected chi connectivity index (χ4v) is 3.43. The first-order chi connectivity index (χ1) is 10.7. The molecule has 1 aromatic rings. The third-order valence-electron chi connectivity index (χ3n) is 4.63. The Morgan fingerprint density at radius 3 is 2.73 bits per heavy atom. The Labute approximate surface area is 131 Å². The average molecular weight is 304 g/mol. The van der Waals surface area contributed by atoms with Crippen molar-refractivity contribution >= 4 is 5.91 Å². The summed E-state index contributed by atoms with van der Waals surface area (Å²) in [7, 11) is 1.65. The number of methoxy groups -OCH3 is 1. The quantitative estimate of drug-likeness (QED) is 0.922. The molecule has 2 aliphatic rings. The van der Waals surface area contributed by atoms with E-state index in [0.717, 1.165) is 37.2 Å². The second-order valence-electron chi connectivity index (χ2n) is 6.10. The number of ether oxygens (including phenoxy) is 2. The number of amides is 1. The van der Waals surface area contributed by atoms with Crippen LogP contribution < -0.4 is 10.5 Å². The van der Waals surface area contributed by atoms with Crippen LogP contribution in [0.25, 0.3) is 0 Å². The zero-order valence-corrected chi connectivity index (χ0v) is 13.0. The molecule has 2 fully saturated rings. The molecule has 0 spiro atoms. The van der Waals surface area contributed by atoms with Crippen LogP contribution in [0.1, 0.15) is 37.3 Å². The summed E-state index contributed by atoms with van der Waals surface area (Å²) < 4.78 is 10.9. The molecule has 5 heteroatoms. The molecule has 5 nitrogen and oxygen atoms in total. The van der Waals surface area contributed by atoms with Crippen LogP contribution in [0.2, 0.25) is 0 Å². The molecule has 3 unspecified atom stereocenters. The Morgan fingerprint density at radius 2 is 2.09 bits per heavy atom. The van der Waals surface area contributed by atoms with Gasteiger partial charge in [0.05, 0.1) is 19.3 Å². The average Bonchev–Trinajstić information content (AvgIpc) is 3.04. The van der Waals surface area contributed by atoms with Gasteiger partial charge in [-0.25, -0.2) is 0 Å². The molecule has 0 radical (unpaired) electrons. The first kappa shape index (κ1) is 15.3. The number of hydrogen-bond donors (Lipinski definition) is 1. The molecule has 22 heavy (non-hydrogen) atoms. The first-order valence-corrected chi connectivity index (χ1v) is 7.99. The van der Waals surface area contributed by atoms with Crippen molar-refractivity contribution in [3.05, 3.63) is 29.8 Å². The van der Waals surface area contributed by atoms with E-state index in [-0.39, 0.29) is 24.1 Å². The van der Waals surface area contributed by atoms with E-state index in [2.05, 4.69) is 0 Å². The van der Waals surface area contributed by atoms with Crippen LogP contribution in [0.15, 0.2) is 24.3 Å². The van der Waals surface area contributed by atoms with Gasteiger partial charge in [-0.2, -0.15) is 0 Å². The van der Waals surface area contributed by atoms with Gasteiger partial charge in [-0.3, -0.25) is 4.79 Å². The largest absolute Gasteiger partial charge is 0.497 e. The maximum atomic E-state index is 12.4. The van der Waals surface area contributed by atoms with E-state index < -0.39 is 0 Å². The van der Waals surface area contributed by atoms with E-state index in [1.165, 1.54) is 0 Å². The molecule has 0 bridgehead atoms. The number of nitrogens with two attached hydrogens (primary N) is 1. The summed E-state index contributed by atoms with van der Waals surface area (Å²) in [6, 6.07) is 7.75. The summed E-state index contributed by atoms with van der Waals surface area (Å²) in [4.78, 5) is 14.3. The van der Waals surface area contributed by atoms with Gasteiger partial charge in [-0.1, -0.05) is 12.1 Å². The Balaban J connectivity index is 1.83. The lowest BCUT2D eigenvalue weighted by atomic mass is 9.90. The van der Waals surface area contributed by atoms with Gasteiger partial charge < -0.3 is 20.1 Å². The van der Waals surface area contributed by atoms with Crippen molar-refractivity contribution < 1.29 is 14.3 Å². The molecule has 3 rings (SSSR count). The maximum Gasteiger partial charge on any atom is 0.223 e. The minimum atomic E-state index is -0.0728. The number of hydrogen-bond acceptors (Lipinski definition) is 4. The van der Waals surface area contributed by atoms with Crippen molar-refractivity contribution in [3.63, 3.8) is 0 Å². The molecular formula is C17H24N2O3. The Hall–Kier alpha value is -1.59. The van der Waals surface area contributed by atoms with Crippen LogP contribution in [-0.2, 0) is 9.53 Å². The highest BCUT2D eigenvalue weighted by Crippen LogP contribution is 2.33. The van der Waals surface area contributed by atoms with Crippen molar-refractivity contribution in [1.29, 1.82) is 0 Å². The van der Waals surface area contributed by atoms with Gasteiger partial charge in [0.2, 0.25) is 5.91 Å². The highest BCUT2D eigenvalue weighted by atomic mass is 16.5. The zero-order chi connectivity index (χ0) is 15.5. The van der Waals surface area contributed by atoms with Crippen molar-refractivity contribution in [2.24, 2.45) is 5.73 Å². The summed E-state index contributed by atoms with van der Waals surface area (Å²) in [5.74, 6) is 0.989. The molecule has 120 valence electrons. The molecular weight excluding hydrogens is 280 g/mol. The number of piperidine rings is 1. The smallest absolute Gasteiger partial charge is 0.223 e. The lowest BCUT2D eigenvalue weighted by Crippen LogP contribution is -2.51. The van der Waals surface area contributed by atoms with Crippen molar-refractivity contribution in [3.8, 4) is 5.75 Å². The monoisotopic (exact) mass is 304 g/mol. The predicted octanol–water partition coefficient (Wildman–Crippen LogP) is 1.86. The molecule has 0 aliphatic carbocycles. The third kappa shape index (κ3) is 3.10. The van der Waals surface area contributed by atoms with Crippen molar-refractivity contribution in [2.75, 3.05) is 20.3 Å². The number of likely N-dealkylation sites (tertiary alicyclic amines) is 1. The van der Waals surface area contributed by atoms with Gasteiger partial charge in [0.1, 0.15) is 5.75 Å². The van der Waals surface area contributed by atoms with E-state index in [0.29, 0.717) is 13.0 Å². The van der Waals surface area contributed by atoms with Crippen molar-refractivity contribution in [1.82, 2.24) is 4.90 Å². The molecule has 2 aliphatic heterocycles. The Kier molecular flexibility index (Phi) is 4.64. The second-order valence-corrected chi connectivity index (χ2v) is 6.10. The fraction of sp³-hybridized carbons (Fsp3) is 0.588. The number of carbonyl (C=O) groups excluding carboxylic acids is 1. The highest BCUT2D eigenvalue weighted by Gasteiger charge is 2.36. The molecule has 2 N–H and O–H groups in total. The van der Waals surface area contributed by atoms with Gasteiger partial charge in [0.15, 0.2) is 0 Å². The van der Waals surface area contributed by atoms with E-state index in [1.807, 2.05) is 29.2 Å². The summed E-state index contributed by atoms with van der Waals surface area (Å²) >= 11 is 0. The Morgan fingerprint density at radius 1 is 1.32 bits per heavy atom. The van der Waals surface area contributed by atoms with E-state index in [1.54, 1.807) is 7.11 Å². The van der Waals surface area contributed by atoms with Gasteiger partial charge in [0.25, 0.3) is 0 Å². The zero-order valence-electron chi connectivity index (χ0n) is 13.0. The van der Waals surface area contributed by atoms with Crippen LogP contribution in [-0.4, -0.2) is 43.2 Å². The number of benzene rings is 1. The van der Waals surface area contributed by atoms with Crippen molar-refractivity contribution in [2.45, 2.75) is 43.9 Å². The third-order valence-corrected chi connectivity index (χ3v) is 4.63. The standard InChI is InChI=1S/C17H24N2O3/c1-21-13-6-4-12(5-7-13)17-15(18)8-9-16(20)19(17)11-14-3-2-10-22-14/h4-7,14-15,17H,2-3,8-11,18H2,1H3. The number of carbonyl (C=O) groups is 1. The fourth-order valence-electron chi connectivity index (χ4n) is 3.43. The topological polar surface area (TPSA) is 64.8 Å². The normalized spacial score (nSPS) is 28.9. The van der Waals surface area contributed by atoms with Crippen LogP contribution in [0.4, 0.5) is 0 Å². The second kappa shape index (κ2) is 6.67. The highest BCUT2D eigenvalue weighted by molar-refractivity contribution is 5.78. The first-order valence-electron chi connectivity index (χ1n) is 7.99. The molecule has 1 aromatic carbocycles. The number of rotatable bonds is 4. The SMILES string of the molecule is COc1ccc(C2C(N)CCC(=O)N2CC2CCCO2)cc1. The molecule has 2 saturated heterocycles. The summed E-state index contributed by atoms with van der Waals surface area (Å²) in [5.41, 5.74) is 7.41. The minimum Gasteiger partial charge on any atom is -0.497 e. The Bertz CT molecular complexity index is 511. The van der Waals surface area contributed by atoms with E-state index in [9.17, 15) is 4.79 Å². The predicted molar refractivity (Wildman–Crippen MR) is 83.6 cm³/mol. The van der Waals surface area contributed by atoms with Crippen LogP contribution >= 0.6 is 0 Å². The summed E-state index contributed by atoms with van der Waals surface area (Å²) in [5, 5.41) is 0. The minimum absolute atomic E-state index is 0.0347. The lowest BCUT2D eigenvalue weighted by Gasteiger charge is -2.41. The van der Waals surface area contributed by atoms with Gasteiger partial charge in [-0.15, -0.1) is 0 Å². The van der Waals surface area contributed by atoms with E-state index in [4.69, 9.17) is 15.2 Å². The van der Waals surface area contributed by atoms with E-state index >= 15 is 0 Å². The lowest BCUT2D eigenvalue weighted by molar-refractivity contribution is -0.139. The van der Waals surface area contributed by atoms with Crippen LogP contribution in [0.5, 0.6) is 5.75 Å². The summed E-state index contributed by atoms with van der Waals surface area (Å²) in [6.07, 6.45) is 3.51. The maximum absolute atomic E-state index is 12.4. The molecule has 0 saturated carbocycles. The molecule has 0 aromatic heterocycles. The number of nitrogens with zero attached hydrogens (tertiary/aromatic N) is 1. The summed E-state index contributed by atoms with van der Waals surface area (Å²) in [6.45, 7) is 1.44. The molecule has 1 amide bonds. The molecule has 3 atom stereocenters.